The fourth-order valence-electron chi connectivity index (χ4n) is 4.85. The summed E-state index contributed by atoms with van der Waals surface area (Å²) in [5.41, 5.74) is 3.13. The molecule has 0 bridgehead atoms. The molecule has 9 heteroatoms. The summed E-state index contributed by atoms with van der Waals surface area (Å²) < 4.78 is 2.10. The highest BCUT2D eigenvalue weighted by atomic mass is 32.2. The van der Waals surface area contributed by atoms with Crippen molar-refractivity contribution in [2.24, 2.45) is 11.3 Å². The highest BCUT2D eigenvalue weighted by molar-refractivity contribution is 7.99. The second-order valence-electron chi connectivity index (χ2n) is 11.1. The van der Waals surface area contributed by atoms with E-state index < -0.39 is 0 Å². The van der Waals surface area contributed by atoms with Crippen LogP contribution in [0, 0.1) is 22.7 Å². The number of hydrogen-bond donors (Lipinski definition) is 1. The lowest BCUT2D eigenvalue weighted by molar-refractivity contribution is -0.113. The number of hydrogen-bond acceptors (Lipinski definition) is 7. The number of anilines is 1. The molecular formula is C28H37N5OS3. The van der Waals surface area contributed by atoms with Gasteiger partial charge in [-0.15, -0.1) is 32.9 Å². The van der Waals surface area contributed by atoms with Crippen molar-refractivity contribution in [3.8, 4) is 17.5 Å². The molecule has 1 atom stereocenters. The van der Waals surface area contributed by atoms with Crippen molar-refractivity contribution in [3.63, 3.8) is 0 Å². The van der Waals surface area contributed by atoms with Gasteiger partial charge in [-0.3, -0.25) is 9.36 Å². The van der Waals surface area contributed by atoms with E-state index in [0.717, 1.165) is 47.8 Å². The van der Waals surface area contributed by atoms with Gasteiger partial charge in [0.1, 0.15) is 11.1 Å². The van der Waals surface area contributed by atoms with Crippen LogP contribution in [0.1, 0.15) is 94.1 Å². The van der Waals surface area contributed by atoms with Gasteiger partial charge in [-0.1, -0.05) is 52.8 Å². The van der Waals surface area contributed by atoms with E-state index in [2.05, 4.69) is 86.1 Å². The first kappa shape index (κ1) is 27.9. The minimum atomic E-state index is -0.122. The van der Waals surface area contributed by atoms with Gasteiger partial charge in [0.05, 0.1) is 11.3 Å². The quantitative estimate of drug-likeness (QED) is 0.271. The SMILES string of the molecule is CCC(C)(C)C1CCc2c(sc(NC(=O)CSc3nnc(-c4csc(C(C)C)c4)n3C(C)C)c2C#N)C1. The summed E-state index contributed by atoms with van der Waals surface area (Å²) >= 11 is 4.72. The first-order valence-corrected chi connectivity index (χ1v) is 15.7. The van der Waals surface area contributed by atoms with E-state index in [-0.39, 0.29) is 23.1 Å². The molecule has 37 heavy (non-hydrogen) atoms. The van der Waals surface area contributed by atoms with Gasteiger partial charge in [0.15, 0.2) is 11.0 Å². The van der Waals surface area contributed by atoms with Gasteiger partial charge in [-0.2, -0.15) is 5.26 Å². The maximum atomic E-state index is 13.0. The van der Waals surface area contributed by atoms with Crippen LogP contribution in [0.15, 0.2) is 16.6 Å². The summed E-state index contributed by atoms with van der Waals surface area (Å²) in [6.45, 7) is 15.5. The summed E-state index contributed by atoms with van der Waals surface area (Å²) in [5.74, 6) is 2.00. The standard InChI is InChI=1S/C28H37N5OS3/c1-8-28(6,7)19-9-10-20-21(13-29)26(37-23(20)12-19)30-24(34)15-36-27-32-31-25(33(27)17(4)5)18-11-22(16(2)3)35-14-18/h11,14,16-17,19H,8-10,12,15H2,1-7H3,(H,30,34). The van der Waals surface area contributed by atoms with Crippen molar-refractivity contribution in [3.05, 3.63) is 32.3 Å². The monoisotopic (exact) mass is 555 g/mol. The van der Waals surface area contributed by atoms with Crippen LogP contribution in [-0.4, -0.2) is 26.4 Å². The minimum Gasteiger partial charge on any atom is -0.316 e. The molecule has 0 fully saturated rings. The zero-order valence-corrected chi connectivity index (χ0v) is 25.3. The molecule has 0 radical (unpaired) electrons. The molecule has 3 heterocycles. The zero-order valence-electron chi connectivity index (χ0n) is 22.8. The third-order valence-corrected chi connectivity index (χ3v) is 11.0. The molecule has 6 nitrogen and oxygen atoms in total. The first-order chi connectivity index (χ1) is 17.6. The normalized spacial score (nSPS) is 15.7. The average molecular weight is 556 g/mol. The Morgan fingerprint density at radius 3 is 2.70 bits per heavy atom. The summed E-state index contributed by atoms with van der Waals surface area (Å²) in [7, 11) is 0. The Hall–Kier alpha value is -2.15. The van der Waals surface area contributed by atoms with Crippen molar-refractivity contribution in [1.29, 1.82) is 5.26 Å². The predicted octanol–water partition coefficient (Wildman–Crippen LogP) is 7.92. The van der Waals surface area contributed by atoms with Crippen LogP contribution >= 0.6 is 34.4 Å². The third kappa shape index (κ3) is 5.81. The molecule has 4 rings (SSSR count). The molecule has 1 aliphatic rings. The number of rotatable bonds is 9. The lowest BCUT2D eigenvalue weighted by Crippen LogP contribution is -2.28. The first-order valence-electron chi connectivity index (χ1n) is 13.1. The van der Waals surface area contributed by atoms with E-state index in [0.29, 0.717) is 22.4 Å². The number of carbonyl (C=O) groups excluding carboxylic acids is 1. The fraction of sp³-hybridized carbons (Fsp3) is 0.571. The number of fused-ring (bicyclic) bond motifs is 1. The van der Waals surface area contributed by atoms with Crippen LogP contribution in [0.3, 0.4) is 0 Å². The van der Waals surface area contributed by atoms with Crippen LogP contribution < -0.4 is 5.32 Å². The van der Waals surface area contributed by atoms with E-state index in [1.807, 2.05) is 0 Å². The topological polar surface area (TPSA) is 83.6 Å². The largest absolute Gasteiger partial charge is 0.316 e. The number of carbonyl (C=O) groups is 1. The van der Waals surface area contributed by atoms with E-state index >= 15 is 0 Å². The highest BCUT2D eigenvalue weighted by Gasteiger charge is 2.34. The lowest BCUT2D eigenvalue weighted by atomic mass is 9.69. The number of amides is 1. The van der Waals surface area contributed by atoms with Crippen molar-refractivity contribution in [2.75, 3.05) is 11.1 Å². The Labute approximate surface area is 232 Å². The minimum absolute atomic E-state index is 0.122. The zero-order chi connectivity index (χ0) is 26.9. The number of nitrogens with zero attached hydrogens (tertiary/aromatic N) is 4. The second kappa shape index (κ2) is 11.3. The average Bonchev–Trinajstić information content (AvgIpc) is 3.58. The van der Waals surface area contributed by atoms with Crippen LogP contribution in [0.4, 0.5) is 5.00 Å². The van der Waals surface area contributed by atoms with Crippen molar-refractivity contribution < 1.29 is 4.79 Å². The van der Waals surface area contributed by atoms with E-state index in [1.165, 1.54) is 21.5 Å². The predicted molar refractivity (Wildman–Crippen MR) is 156 cm³/mol. The molecule has 1 N–H and O–H groups in total. The smallest absolute Gasteiger partial charge is 0.235 e. The lowest BCUT2D eigenvalue weighted by Gasteiger charge is -2.36. The van der Waals surface area contributed by atoms with Gasteiger partial charge in [0.25, 0.3) is 0 Å². The summed E-state index contributed by atoms with van der Waals surface area (Å²) in [4.78, 5) is 15.6. The Bertz CT molecular complexity index is 1310. The van der Waals surface area contributed by atoms with Crippen molar-refractivity contribution >= 4 is 45.3 Å². The Kier molecular flexibility index (Phi) is 8.51. The van der Waals surface area contributed by atoms with Crippen LogP contribution in [0.2, 0.25) is 0 Å². The molecule has 3 aromatic heterocycles. The van der Waals surface area contributed by atoms with Crippen LogP contribution in [-0.2, 0) is 17.6 Å². The molecular weight excluding hydrogens is 519 g/mol. The number of aromatic nitrogens is 3. The molecule has 0 aliphatic heterocycles. The Morgan fingerprint density at radius 2 is 2.08 bits per heavy atom. The number of nitrogens with one attached hydrogen (secondary N) is 1. The molecule has 1 aliphatic carbocycles. The van der Waals surface area contributed by atoms with Crippen LogP contribution in [0.5, 0.6) is 0 Å². The van der Waals surface area contributed by atoms with Crippen LogP contribution in [0.25, 0.3) is 11.4 Å². The van der Waals surface area contributed by atoms with Crippen molar-refractivity contribution in [2.45, 2.75) is 91.3 Å². The molecule has 1 unspecified atom stereocenters. The Balaban J connectivity index is 1.47. The van der Waals surface area contributed by atoms with E-state index in [4.69, 9.17) is 0 Å². The van der Waals surface area contributed by atoms with Crippen molar-refractivity contribution in [1.82, 2.24) is 14.8 Å². The molecule has 0 saturated heterocycles. The van der Waals surface area contributed by atoms with E-state index in [9.17, 15) is 10.1 Å². The molecule has 198 valence electrons. The van der Waals surface area contributed by atoms with Gasteiger partial charge >= 0.3 is 0 Å². The number of thioether (sulfide) groups is 1. The van der Waals surface area contributed by atoms with Gasteiger partial charge in [-0.05, 0) is 62.0 Å². The number of nitriles is 1. The number of thiophene rings is 2. The summed E-state index contributed by atoms with van der Waals surface area (Å²) in [6.07, 6.45) is 4.13. The molecule has 3 aromatic rings. The molecule has 1 amide bonds. The molecule has 0 saturated carbocycles. The van der Waals surface area contributed by atoms with Gasteiger partial charge < -0.3 is 5.32 Å². The molecule has 0 spiro atoms. The fourth-order valence-corrected chi connectivity index (χ4v) is 7.92. The third-order valence-electron chi connectivity index (χ3n) is 7.61. The summed E-state index contributed by atoms with van der Waals surface area (Å²) in [6, 6.07) is 4.72. The van der Waals surface area contributed by atoms with Gasteiger partial charge in [0, 0.05) is 26.7 Å². The van der Waals surface area contributed by atoms with Gasteiger partial charge in [-0.25, -0.2) is 0 Å². The Morgan fingerprint density at radius 1 is 1.32 bits per heavy atom. The molecule has 0 aromatic carbocycles. The maximum absolute atomic E-state index is 13.0. The van der Waals surface area contributed by atoms with E-state index in [1.54, 1.807) is 22.7 Å². The van der Waals surface area contributed by atoms with Gasteiger partial charge in [0.2, 0.25) is 5.91 Å². The highest BCUT2D eigenvalue weighted by Crippen LogP contribution is 2.45. The second-order valence-corrected chi connectivity index (χ2v) is 14.1. The summed E-state index contributed by atoms with van der Waals surface area (Å²) in [5, 5.41) is 25.4. The maximum Gasteiger partial charge on any atom is 0.235 e.